The van der Waals surface area contributed by atoms with E-state index in [0.717, 1.165) is 29.7 Å². The fourth-order valence-corrected chi connectivity index (χ4v) is 3.58. The lowest BCUT2D eigenvalue weighted by molar-refractivity contribution is 0.229. The van der Waals surface area contributed by atoms with Crippen molar-refractivity contribution >= 4 is 15.9 Å². The van der Waals surface area contributed by atoms with E-state index >= 15 is 0 Å². The quantitative estimate of drug-likeness (QED) is 0.841. The normalized spacial score (nSPS) is 25.3. The molecule has 0 N–H and O–H groups in total. The molecule has 0 spiro atoms. The number of benzene rings is 1. The maximum atomic E-state index is 13.8. The zero-order chi connectivity index (χ0) is 13.2. The number of halogens is 2. The van der Waals surface area contributed by atoms with Crippen LogP contribution in [-0.2, 0) is 6.54 Å². The van der Waals surface area contributed by atoms with Crippen molar-refractivity contribution in [2.45, 2.75) is 31.8 Å². The molecule has 104 valence electrons. The van der Waals surface area contributed by atoms with Crippen molar-refractivity contribution in [2.24, 2.45) is 0 Å². The second-order valence-corrected chi connectivity index (χ2v) is 6.57. The summed E-state index contributed by atoms with van der Waals surface area (Å²) in [4.78, 5) is 4.99. The first-order valence-corrected chi connectivity index (χ1v) is 7.92. The number of hydrogen-bond acceptors (Lipinski definition) is 2. The van der Waals surface area contributed by atoms with Gasteiger partial charge in [0.15, 0.2) is 0 Å². The molecule has 0 amide bonds. The van der Waals surface area contributed by atoms with E-state index in [1.807, 2.05) is 12.1 Å². The summed E-state index contributed by atoms with van der Waals surface area (Å²) < 4.78 is 14.6. The Morgan fingerprint density at radius 2 is 2.00 bits per heavy atom. The fourth-order valence-electron chi connectivity index (χ4n) is 3.25. The maximum absolute atomic E-state index is 13.8. The molecular weight excluding hydrogens is 307 g/mol. The highest BCUT2D eigenvalue weighted by Crippen LogP contribution is 2.23. The Hall–Kier alpha value is -0.450. The Morgan fingerprint density at radius 1 is 1.21 bits per heavy atom. The average molecular weight is 327 g/mol. The van der Waals surface area contributed by atoms with Crippen molar-refractivity contribution in [1.29, 1.82) is 0 Å². The van der Waals surface area contributed by atoms with Crippen LogP contribution in [0.5, 0.6) is 0 Å². The van der Waals surface area contributed by atoms with Gasteiger partial charge in [-0.25, -0.2) is 4.39 Å². The summed E-state index contributed by atoms with van der Waals surface area (Å²) in [5.74, 6) is -0.0982. The standard InChI is InChI=1S/C15H20BrFN2/c16-13-4-3-12(15(17)9-13)10-18-8-5-14(11-18)19-6-1-2-7-19/h3-4,9,14H,1-2,5-8,10-11H2. The van der Waals surface area contributed by atoms with Gasteiger partial charge in [0.25, 0.3) is 0 Å². The van der Waals surface area contributed by atoms with Gasteiger partial charge in [0.05, 0.1) is 0 Å². The van der Waals surface area contributed by atoms with Crippen LogP contribution in [0.3, 0.4) is 0 Å². The van der Waals surface area contributed by atoms with Gasteiger partial charge in [-0.1, -0.05) is 22.0 Å². The van der Waals surface area contributed by atoms with E-state index in [4.69, 9.17) is 0 Å². The molecule has 1 aromatic rings. The molecule has 1 unspecified atom stereocenters. The third kappa shape index (κ3) is 3.18. The summed E-state index contributed by atoms with van der Waals surface area (Å²) in [6.07, 6.45) is 3.92. The largest absolute Gasteiger partial charge is 0.299 e. The summed E-state index contributed by atoms with van der Waals surface area (Å²) in [5.41, 5.74) is 0.810. The van der Waals surface area contributed by atoms with Crippen molar-refractivity contribution in [3.8, 4) is 0 Å². The first kappa shape index (κ1) is 13.5. The Kier molecular flexibility index (Phi) is 4.20. The molecule has 2 fully saturated rings. The molecule has 0 aromatic heterocycles. The molecule has 2 aliphatic heterocycles. The van der Waals surface area contributed by atoms with E-state index in [9.17, 15) is 4.39 Å². The second kappa shape index (κ2) is 5.90. The zero-order valence-electron chi connectivity index (χ0n) is 11.1. The lowest BCUT2D eigenvalue weighted by Crippen LogP contribution is -2.35. The minimum atomic E-state index is -0.0982. The summed E-state index contributed by atoms with van der Waals surface area (Å²) in [6.45, 7) is 5.44. The van der Waals surface area contributed by atoms with Gasteiger partial charge in [-0.05, 0) is 44.5 Å². The minimum Gasteiger partial charge on any atom is -0.299 e. The highest BCUT2D eigenvalue weighted by molar-refractivity contribution is 9.10. The lowest BCUT2D eigenvalue weighted by Gasteiger charge is -2.23. The molecule has 2 nitrogen and oxygen atoms in total. The van der Waals surface area contributed by atoms with E-state index in [2.05, 4.69) is 25.7 Å². The van der Waals surface area contributed by atoms with Gasteiger partial charge in [0, 0.05) is 35.7 Å². The average Bonchev–Trinajstić information content (AvgIpc) is 3.03. The Labute approximate surface area is 122 Å². The van der Waals surface area contributed by atoms with Gasteiger partial charge >= 0.3 is 0 Å². The first-order chi connectivity index (χ1) is 9.22. The van der Waals surface area contributed by atoms with Gasteiger partial charge in [-0.2, -0.15) is 0 Å². The Morgan fingerprint density at radius 3 is 2.74 bits per heavy atom. The molecule has 19 heavy (non-hydrogen) atoms. The number of rotatable bonds is 3. The monoisotopic (exact) mass is 326 g/mol. The summed E-state index contributed by atoms with van der Waals surface area (Å²) >= 11 is 3.30. The molecule has 1 aromatic carbocycles. The highest BCUT2D eigenvalue weighted by atomic mass is 79.9. The van der Waals surface area contributed by atoms with Crippen LogP contribution < -0.4 is 0 Å². The predicted octanol–water partition coefficient (Wildman–Crippen LogP) is 3.26. The summed E-state index contributed by atoms with van der Waals surface area (Å²) in [5, 5.41) is 0. The van der Waals surface area contributed by atoms with Crippen LogP contribution in [0.25, 0.3) is 0 Å². The molecule has 0 saturated carbocycles. The SMILES string of the molecule is Fc1cc(Br)ccc1CN1CCC(N2CCCC2)C1. The van der Waals surface area contributed by atoms with Crippen LogP contribution in [-0.4, -0.2) is 42.0 Å². The van der Waals surface area contributed by atoms with Crippen molar-refractivity contribution < 1.29 is 4.39 Å². The van der Waals surface area contributed by atoms with Gasteiger partial charge in [0.1, 0.15) is 5.82 Å². The molecule has 4 heteroatoms. The van der Waals surface area contributed by atoms with Gasteiger partial charge in [0.2, 0.25) is 0 Å². The molecule has 2 heterocycles. The maximum Gasteiger partial charge on any atom is 0.128 e. The van der Waals surface area contributed by atoms with Gasteiger partial charge in [-0.3, -0.25) is 9.80 Å². The molecule has 3 rings (SSSR count). The number of nitrogens with zero attached hydrogens (tertiary/aromatic N) is 2. The van der Waals surface area contributed by atoms with E-state index in [1.54, 1.807) is 6.07 Å². The van der Waals surface area contributed by atoms with Crippen LogP contribution in [0.2, 0.25) is 0 Å². The highest BCUT2D eigenvalue weighted by Gasteiger charge is 2.29. The minimum absolute atomic E-state index is 0.0982. The van der Waals surface area contributed by atoms with Crippen molar-refractivity contribution in [3.63, 3.8) is 0 Å². The Balaban J connectivity index is 1.59. The van der Waals surface area contributed by atoms with Crippen molar-refractivity contribution in [3.05, 3.63) is 34.1 Å². The van der Waals surface area contributed by atoms with Crippen molar-refractivity contribution in [1.82, 2.24) is 9.80 Å². The third-order valence-electron chi connectivity index (χ3n) is 4.31. The number of likely N-dealkylation sites (tertiary alicyclic amines) is 2. The van der Waals surface area contributed by atoms with Crippen LogP contribution in [0.4, 0.5) is 4.39 Å². The summed E-state index contributed by atoms with van der Waals surface area (Å²) in [6, 6.07) is 6.07. The van der Waals surface area contributed by atoms with E-state index in [-0.39, 0.29) is 5.82 Å². The zero-order valence-corrected chi connectivity index (χ0v) is 12.7. The van der Waals surface area contributed by atoms with E-state index in [0.29, 0.717) is 6.04 Å². The van der Waals surface area contributed by atoms with Gasteiger partial charge < -0.3 is 0 Å². The van der Waals surface area contributed by atoms with Crippen LogP contribution in [0.1, 0.15) is 24.8 Å². The predicted molar refractivity (Wildman–Crippen MR) is 78.6 cm³/mol. The van der Waals surface area contributed by atoms with E-state index in [1.165, 1.54) is 32.4 Å². The van der Waals surface area contributed by atoms with Gasteiger partial charge in [-0.15, -0.1) is 0 Å². The summed E-state index contributed by atoms with van der Waals surface area (Å²) in [7, 11) is 0. The third-order valence-corrected chi connectivity index (χ3v) is 4.81. The fraction of sp³-hybridized carbons (Fsp3) is 0.600. The molecule has 2 saturated heterocycles. The Bertz CT molecular complexity index is 446. The van der Waals surface area contributed by atoms with Crippen LogP contribution in [0, 0.1) is 5.82 Å². The van der Waals surface area contributed by atoms with Crippen LogP contribution >= 0.6 is 15.9 Å². The smallest absolute Gasteiger partial charge is 0.128 e. The first-order valence-electron chi connectivity index (χ1n) is 7.13. The number of hydrogen-bond donors (Lipinski definition) is 0. The molecule has 2 aliphatic rings. The molecular formula is C15H20BrFN2. The topological polar surface area (TPSA) is 6.48 Å². The second-order valence-electron chi connectivity index (χ2n) is 5.66. The van der Waals surface area contributed by atoms with Crippen molar-refractivity contribution in [2.75, 3.05) is 26.2 Å². The molecule has 0 radical (unpaired) electrons. The molecule has 0 bridgehead atoms. The molecule has 1 atom stereocenters. The van der Waals surface area contributed by atoms with Crippen LogP contribution in [0.15, 0.2) is 22.7 Å². The molecule has 0 aliphatic carbocycles. The van der Waals surface area contributed by atoms with E-state index < -0.39 is 0 Å². The lowest BCUT2D eigenvalue weighted by atomic mass is 10.2.